The molecule has 2 aromatic rings. The standard InChI is InChI=1S/C22H30ClNO3.C2H2O4/c1-3-12-24-14-19(25)15-27-22-11-4-16(2)13-20(22)21(26)10-7-17-5-8-18(23)9-6-17;3-1(4)2(5)6/h4-6,8-9,11,13,19,21,24-26H,3,7,10,12,14-15H2,1-2H3;(H,3,4)(H,5,6). The first-order valence-electron chi connectivity index (χ1n) is 10.6. The Hall–Kier alpha value is -2.65. The van der Waals surface area contributed by atoms with E-state index >= 15 is 0 Å². The van der Waals surface area contributed by atoms with Gasteiger partial charge in [0.15, 0.2) is 0 Å². The summed E-state index contributed by atoms with van der Waals surface area (Å²) in [5.41, 5.74) is 2.96. The van der Waals surface area contributed by atoms with Crippen molar-refractivity contribution in [3.63, 3.8) is 0 Å². The van der Waals surface area contributed by atoms with E-state index in [0.29, 0.717) is 23.7 Å². The van der Waals surface area contributed by atoms with Gasteiger partial charge in [0.05, 0.1) is 6.10 Å². The molecule has 0 fully saturated rings. The van der Waals surface area contributed by atoms with E-state index in [1.165, 1.54) is 0 Å². The van der Waals surface area contributed by atoms with Gasteiger partial charge in [-0.25, -0.2) is 9.59 Å². The average molecular weight is 482 g/mol. The molecule has 0 aliphatic rings. The zero-order valence-corrected chi connectivity index (χ0v) is 19.6. The Morgan fingerprint density at radius 2 is 1.70 bits per heavy atom. The quantitative estimate of drug-likeness (QED) is 0.244. The number of aryl methyl sites for hydroxylation is 2. The van der Waals surface area contributed by atoms with E-state index in [4.69, 9.17) is 36.1 Å². The summed E-state index contributed by atoms with van der Waals surface area (Å²) in [5, 5.41) is 39.4. The Balaban J connectivity index is 0.000000801. The molecule has 0 saturated carbocycles. The fraction of sp³-hybridized carbons (Fsp3) is 0.417. The largest absolute Gasteiger partial charge is 0.490 e. The molecule has 2 rings (SSSR count). The van der Waals surface area contributed by atoms with Crippen LogP contribution in [0.1, 0.15) is 42.6 Å². The van der Waals surface area contributed by atoms with Crippen LogP contribution in [0.3, 0.4) is 0 Å². The van der Waals surface area contributed by atoms with Crippen LogP contribution in [0.2, 0.25) is 5.02 Å². The summed E-state index contributed by atoms with van der Waals surface area (Å²) in [6, 6.07) is 13.4. The Kier molecular flexibility index (Phi) is 13.1. The molecule has 2 unspecified atom stereocenters. The number of benzene rings is 2. The predicted octanol–water partition coefficient (Wildman–Crippen LogP) is 3.21. The Morgan fingerprint density at radius 3 is 2.27 bits per heavy atom. The van der Waals surface area contributed by atoms with Gasteiger partial charge < -0.3 is 30.5 Å². The highest BCUT2D eigenvalue weighted by atomic mass is 35.5. The molecule has 8 nitrogen and oxygen atoms in total. The third kappa shape index (κ3) is 11.7. The van der Waals surface area contributed by atoms with Crippen molar-refractivity contribution >= 4 is 23.5 Å². The van der Waals surface area contributed by atoms with Crippen LogP contribution in [0, 0.1) is 6.92 Å². The van der Waals surface area contributed by atoms with Gasteiger partial charge in [-0.3, -0.25) is 0 Å². The Bertz CT molecular complexity index is 862. The number of aliphatic carboxylic acids is 2. The summed E-state index contributed by atoms with van der Waals surface area (Å²) in [5.74, 6) is -3.02. The van der Waals surface area contributed by atoms with Crippen molar-refractivity contribution in [3.05, 3.63) is 64.2 Å². The maximum atomic E-state index is 10.7. The monoisotopic (exact) mass is 481 g/mol. The van der Waals surface area contributed by atoms with Crippen molar-refractivity contribution in [2.75, 3.05) is 19.7 Å². The molecule has 0 saturated heterocycles. The predicted molar refractivity (Wildman–Crippen MR) is 126 cm³/mol. The van der Waals surface area contributed by atoms with Gasteiger partial charge >= 0.3 is 11.9 Å². The van der Waals surface area contributed by atoms with E-state index in [1.54, 1.807) is 0 Å². The lowest BCUT2D eigenvalue weighted by molar-refractivity contribution is -0.159. The molecule has 5 N–H and O–H groups in total. The van der Waals surface area contributed by atoms with Gasteiger partial charge in [0.1, 0.15) is 18.5 Å². The highest BCUT2D eigenvalue weighted by Gasteiger charge is 2.15. The van der Waals surface area contributed by atoms with E-state index in [-0.39, 0.29) is 6.61 Å². The summed E-state index contributed by atoms with van der Waals surface area (Å²) in [6.07, 6.45) is 1.13. The number of hydrogen-bond donors (Lipinski definition) is 5. The molecule has 33 heavy (non-hydrogen) atoms. The fourth-order valence-electron chi connectivity index (χ4n) is 2.86. The van der Waals surface area contributed by atoms with Crippen molar-refractivity contribution in [2.45, 2.75) is 45.3 Å². The zero-order chi connectivity index (χ0) is 24.8. The van der Waals surface area contributed by atoms with Gasteiger partial charge in [-0.05, 0) is 62.6 Å². The molecular formula is C24H32ClNO7. The van der Waals surface area contributed by atoms with E-state index in [2.05, 4.69) is 12.2 Å². The molecule has 9 heteroatoms. The van der Waals surface area contributed by atoms with Crippen LogP contribution >= 0.6 is 11.6 Å². The van der Waals surface area contributed by atoms with Crippen molar-refractivity contribution in [2.24, 2.45) is 0 Å². The first-order valence-corrected chi connectivity index (χ1v) is 11.0. The Labute approximate surface area is 198 Å². The van der Waals surface area contributed by atoms with Gasteiger partial charge in [0.2, 0.25) is 0 Å². The van der Waals surface area contributed by atoms with Gasteiger partial charge in [-0.1, -0.05) is 42.3 Å². The van der Waals surface area contributed by atoms with Crippen LogP contribution in [0.15, 0.2) is 42.5 Å². The molecule has 0 amide bonds. The van der Waals surface area contributed by atoms with Crippen LogP contribution in [-0.2, 0) is 16.0 Å². The number of hydrogen-bond acceptors (Lipinski definition) is 6. The minimum Gasteiger partial charge on any atom is -0.490 e. The van der Waals surface area contributed by atoms with Crippen LogP contribution < -0.4 is 10.1 Å². The fourth-order valence-corrected chi connectivity index (χ4v) is 2.99. The van der Waals surface area contributed by atoms with Gasteiger partial charge in [-0.15, -0.1) is 0 Å². The number of aliphatic hydroxyl groups is 2. The highest BCUT2D eigenvalue weighted by molar-refractivity contribution is 6.30. The number of carbonyl (C=O) groups is 2. The number of ether oxygens (including phenoxy) is 1. The van der Waals surface area contributed by atoms with E-state index in [0.717, 1.165) is 36.1 Å². The Morgan fingerprint density at radius 1 is 1.06 bits per heavy atom. The van der Waals surface area contributed by atoms with E-state index in [9.17, 15) is 10.2 Å². The van der Waals surface area contributed by atoms with Crippen molar-refractivity contribution in [1.29, 1.82) is 0 Å². The van der Waals surface area contributed by atoms with Gasteiger partial charge in [0, 0.05) is 17.1 Å². The van der Waals surface area contributed by atoms with Crippen LogP contribution in [0.4, 0.5) is 0 Å². The lowest BCUT2D eigenvalue weighted by Crippen LogP contribution is -2.32. The van der Waals surface area contributed by atoms with Gasteiger partial charge in [0.25, 0.3) is 0 Å². The molecule has 182 valence electrons. The smallest absolute Gasteiger partial charge is 0.414 e. The summed E-state index contributed by atoms with van der Waals surface area (Å²) in [6.45, 7) is 5.63. The molecule has 0 spiro atoms. The molecular weight excluding hydrogens is 450 g/mol. The molecule has 0 aliphatic heterocycles. The molecule has 0 aliphatic carbocycles. The SMILES string of the molecule is CCCNCC(O)COc1ccc(C)cc1C(O)CCc1ccc(Cl)cc1.O=C(O)C(=O)O. The molecule has 0 bridgehead atoms. The van der Waals surface area contributed by atoms with Crippen LogP contribution in [0.25, 0.3) is 0 Å². The van der Waals surface area contributed by atoms with E-state index in [1.807, 2.05) is 49.4 Å². The topological polar surface area (TPSA) is 136 Å². The van der Waals surface area contributed by atoms with Crippen molar-refractivity contribution in [1.82, 2.24) is 5.32 Å². The first-order chi connectivity index (χ1) is 15.6. The van der Waals surface area contributed by atoms with Crippen molar-refractivity contribution < 1.29 is 34.8 Å². The number of nitrogens with one attached hydrogen (secondary N) is 1. The molecule has 0 aromatic heterocycles. The lowest BCUT2D eigenvalue weighted by Gasteiger charge is -2.19. The van der Waals surface area contributed by atoms with Crippen LogP contribution in [0.5, 0.6) is 5.75 Å². The average Bonchev–Trinajstić information content (AvgIpc) is 2.78. The van der Waals surface area contributed by atoms with Crippen molar-refractivity contribution in [3.8, 4) is 5.75 Å². The summed E-state index contributed by atoms with van der Waals surface area (Å²) >= 11 is 5.92. The highest BCUT2D eigenvalue weighted by Crippen LogP contribution is 2.29. The minimum absolute atomic E-state index is 0.191. The number of aliphatic hydroxyl groups excluding tert-OH is 2. The second kappa shape index (κ2) is 15.2. The van der Waals surface area contributed by atoms with Gasteiger partial charge in [-0.2, -0.15) is 0 Å². The molecule has 0 radical (unpaired) electrons. The molecule has 2 atom stereocenters. The summed E-state index contributed by atoms with van der Waals surface area (Å²) < 4.78 is 5.81. The second-order valence-corrected chi connectivity index (χ2v) is 7.94. The normalized spacial score (nSPS) is 12.3. The minimum atomic E-state index is -1.82. The number of halogens is 1. The molecule has 0 heterocycles. The lowest BCUT2D eigenvalue weighted by atomic mass is 9.99. The third-order valence-corrected chi connectivity index (χ3v) is 4.82. The zero-order valence-electron chi connectivity index (χ0n) is 18.8. The summed E-state index contributed by atoms with van der Waals surface area (Å²) in [7, 11) is 0. The van der Waals surface area contributed by atoms with Crippen LogP contribution in [-0.4, -0.2) is 58.2 Å². The molecule has 2 aromatic carbocycles. The van der Waals surface area contributed by atoms with E-state index < -0.39 is 24.1 Å². The maximum Gasteiger partial charge on any atom is 0.414 e. The third-order valence-electron chi connectivity index (χ3n) is 4.56. The second-order valence-electron chi connectivity index (χ2n) is 7.50. The summed E-state index contributed by atoms with van der Waals surface area (Å²) in [4.78, 5) is 18.2. The first kappa shape index (κ1) is 28.4. The number of rotatable bonds is 11. The maximum absolute atomic E-state index is 10.7. The number of carboxylic acid groups (broad SMARTS) is 2. The number of carboxylic acids is 2.